The van der Waals surface area contributed by atoms with Crippen LogP contribution in [0.5, 0.6) is 0 Å². The largest absolute Gasteiger partial charge is 0.354 e. The summed E-state index contributed by atoms with van der Waals surface area (Å²) in [6.07, 6.45) is 3.57. The fraction of sp³-hybridized carbons (Fsp3) is 0.714. The molecule has 0 unspecified atom stereocenters. The predicted octanol–water partition coefficient (Wildman–Crippen LogP) is 1.54. The zero-order chi connectivity index (χ0) is 14.5. The van der Waals surface area contributed by atoms with Crippen molar-refractivity contribution >= 4 is 5.91 Å². The molecule has 0 aliphatic heterocycles. The van der Waals surface area contributed by atoms with Crippen LogP contribution in [0.4, 0.5) is 0 Å². The van der Waals surface area contributed by atoms with Crippen molar-refractivity contribution < 1.29 is 4.79 Å². The lowest BCUT2D eigenvalue weighted by atomic mass is 10.1. The van der Waals surface area contributed by atoms with Gasteiger partial charge in [-0.2, -0.15) is 0 Å². The molecule has 0 saturated heterocycles. The third kappa shape index (κ3) is 6.38. The summed E-state index contributed by atoms with van der Waals surface area (Å²) < 4.78 is 1.88. The Morgan fingerprint density at radius 1 is 1.42 bits per heavy atom. The molecule has 1 heterocycles. The van der Waals surface area contributed by atoms with Crippen molar-refractivity contribution in [3.63, 3.8) is 0 Å². The topological polar surface area (TPSA) is 59.0 Å². The summed E-state index contributed by atoms with van der Waals surface area (Å²) >= 11 is 0. The number of aromatic nitrogens is 2. The highest BCUT2D eigenvalue weighted by molar-refractivity contribution is 5.75. The van der Waals surface area contributed by atoms with E-state index >= 15 is 0 Å². The molecule has 5 heteroatoms. The Hall–Kier alpha value is -1.36. The minimum Gasteiger partial charge on any atom is -0.354 e. The monoisotopic (exact) mass is 266 g/mol. The van der Waals surface area contributed by atoms with Crippen molar-refractivity contribution in [3.05, 3.63) is 18.2 Å². The Balaban J connectivity index is 2.50. The van der Waals surface area contributed by atoms with Gasteiger partial charge in [-0.15, -0.1) is 0 Å². The van der Waals surface area contributed by atoms with E-state index in [2.05, 4.69) is 50.2 Å². The van der Waals surface area contributed by atoms with Gasteiger partial charge in [0.25, 0.3) is 0 Å². The third-order valence-electron chi connectivity index (χ3n) is 2.60. The molecule has 0 fully saturated rings. The van der Waals surface area contributed by atoms with Crippen LogP contribution in [-0.2, 0) is 17.9 Å². The highest BCUT2D eigenvalue weighted by atomic mass is 16.1. The van der Waals surface area contributed by atoms with Gasteiger partial charge >= 0.3 is 0 Å². The van der Waals surface area contributed by atoms with Gasteiger partial charge in [-0.25, -0.2) is 4.98 Å². The van der Waals surface area contributed by atoms with Crippen LogP contribution in [0.1, 0.15) is 40.4 Å². The van der Waals surface area contributed by atoms with Crippen LogP contribution >= 0.6 is 0 Å². The van der Waals surface area contributed by atoms with Crippen molar-refractivity contribution in [1.82, 2.24) is 20.2 Å². The van der Waals surface area contributed by atoms with Crippen molar-refractivity contribution in [2.24, 2.45) is 5.92 Å². The van der Waals surface area contributed by atoms with Crippen LogP contribution in [-0.4, -0.2) is 27.5 Å². The molecule has 1 aromatic heterocycles. The minimum absolute atomic E-state index is 0.0312. The van der Waals surface area contributed by atoms with Gasteiger partial charge in [-0.05, 0) is 26.7 Å². The quantitative estimate of drug-likeness (QED) is 0.821. The molecule has 1 rings (SSSR count). The Kier molecular flexibility index (Phi) is 5.54. The first kappa shape index (κ1) is 15.7. The summed E-state index contributed by atoms with van der Waals surface area (Å²) in [6.45, 7) is 12.2. The highest BCUT2D eigenvalue weighted by Crippen LogP contribution is 2.03. The number of hydrogen-bond acceptors (Lipinski definition) is 3. The molecule has 0 bridgehead atoms. The van der Waals surface area contributed by atoms with E-state index in [9.17, 15) is 4.79 Å². The van der Waals surface area contributed by atoms with Crippen LogP contribution in [0.3, 0.4) is 0 Å². The first-order valence-electron chi connectivity index (χ1n) is 6.79. The summed E-state index contributed by atoms with van der Waals surface area (Å²) in [5.74, 6) is 1.38. The van der Waals surface area contributed by atoms with Gasteiger partial charge in [0.15, 0.2) is 0 Å². The highest BCUT2D eigenvalue weighted by Gasteiger charge is 2.12. The number of hydrogen-bond donors (Lipinski definition) is 2. The summed E-state index contributed by atoms with van der Waals surface area (Å²) in [6, 6.07) is 0. The van der Waals surface area contributed by atoms with E-state index in [1.807, 2.05) is 10.8 Å². The molecule has 2 N–H and O–H groups in total. The van der Waals surface area contributed by atoms with E-state index in [4.69, 9.17) is 0 Å². The number of amides is 1. The Morgan fingerprint density at radius 3 is 2.68 bits per heavy atom. The molecule has 0 aromatic carbocycles. The number of nitrogens with one attached hydrogen (secondary N) is 2. The molecule has 1 aromatic rings. The number of rotatable bonds is 6. The number of imidazole rings is 1. The molecule has 0 aliphatic carbocycles. The van der Waals surface area contributed by atoms with Gasteiger partial charge in [-0.3, -0.25) is 4.79 Å². The van der Waals surface area contributed by atoms with Gasteiger partial charge in [0.2, 0.25) is 5.91 Å². The predicted molar refractivity (Wildman–Crippen MR) is 76.7 cm³/mol. The molecule has 1 amide bonds. The van der Waals surface area contributed by atoms with Crippen molar-refractivity contribution in [3.8, 4) is 0 Å². The molecule has 0 spiro atoms. The van der Waals surface area contributed by atoms with Gasteiger partial charge in [0.05, 0.1) is 6.54 Å². The van der Waals surface area contributed by atoms with Crippen molar-refractivity contribution in [2.45, 2.75) is 53.2 Å². The second kappa shape index (κ2) is 6.70. The normalized spacial score (nSPS) is 11.9. The zero-order valence-electron chi connectivity index (χ0n) is 12.7. The average Bonchev–Trinajstić information content (AvgIpc) is 2.70. The zero-order valence-corrected chi connectivity index (χ0v) is 12.7. The summed E-state index contributed by atoms with van der Waals surface area (Å²) in [7, 11) is 0. The Bertz CT molecular complexity index is 404. The molecular weight excluding hydrogens is 240 g/mol. The second-order valence-electron chi connectivity index (χ2n) is 6.27. The van der Waals surface area contributed by atoms with E-state index in [0.29, 0.717) is 25.6 Å². The van der Waals surface area contributed by atoms with Gasteiger partial charge in [0.1, 0.15) is 12.4 Å². The Morgan fingerprint density at radius 2 is 2.11 bits per heavy atom. The van der Waals surface area contributed by atoms with E-state index in [1.54, 1.807) is 6.20 Å². The summed E-state index contributed by atoms with van der Waals surface area (Å²) in [5, 5.41) is 6.29. The van der Waals surface area contributed by atoms with Gasteiger partial charge in [-0.1, -0.05) is 13.8 Å². The van der Waals surface area contributed by atoms with E-state index < -0.39 is 0 Å². The van der Waals surface area contributed by atoms with Crippen molar-refractivity contribution in [2.75, 3.05) is 6.54 Å². The van der Waals surface area contributed by atoms with Gasteiger partial charge in [0, 0.05) is 24.5 Å². The molecule has 0 saturated carbocycles. The lowest BCUT2D eigenvalue weighted by molar-refractivity contribution is -0.121. The lowest BCUT2D eigenvalue weighted by Gasteiger charge is -2.20. The standard InChI is InChI=1S/C14H26N4O/c1-11(2)8-16-13(19)10-18-7-6-15-12(18)9-17-14(3,4)5/h6-7,11,17H,8-10H2,1-5H3,(H,16,19). The SMILES string of the molecule is CC(C)CNC(=O)Cn1ccnc1CNC(C)(C)C. The van der Waals surface area contributed by atoms with E-state index in [1.165, 1.54) is 0 Å². The van der Waals surface area contributed by atoms with Crippen LogP contribution in [0.15, 0.2) is 12.4 Å². The summed E-state index contributed by atoms with van der Waals surface area (Å²) in [4.78, 5) is 16.1. The fourth-order valence-corrected chi connectivity index (χ4v) is 1.52. The molecule has 0 aliphatic rings. The van der Waals surface area contributed by atoms with E-state index in [0.717, 1.165) is 5.82 Å². The average molecular weight is 266 g/mol. The molecule has 108 valence electrons. The molecule has 0 radical (unpaired) electrons. The molecule has 0 atom stereocenters. The number of carbonyl (C=O) groups excluding carboxylic acids is 1. The minimum atomic E-state index is 0.0312. The lowest BCUT2D eigenvalue weighted by Crippen LogP contribution is -2.36. The van der Waals surface area contributed by atoms with Crippen LogP contribution in [0, 0.1) is 5.92 Å². The molecular formula is C14H26N4O. The molecule has 19 heavy (non-hydrogen) atoms. The smallest absolute Gasteiger partial charge is 0.239 e. The van der Waals surface area contributed by atoms with Crippen molar-refractivity contribution in [1.29, 1.82) is 0 Å². The summed E-state index contributed by atoms with van der Waals surface area (Å²) in [5.41, 5.74) is 0.0384. The van der Waals surface area contributed by atoms with Gasteiger partial charge < -0.3 is 15.2 Å². The second-order valence-corrected chi connectivity index (χ2v) is 6.27. The number of carbonyl (C=O) groups is 1. The first-order valence-corrected chi connectivity index (χ1v) is 6.79. The first-order chi connectivity index (χ1) is 8.78. The van der Waals surface area contributed by atoms with Crippen LogP contribution in [0.25, 0.3) is 0 Å². The van der Waals surface area contributed by atoms with Crippen LogP contribution in [0.2, 0.25) is 0 Å². The van der Waals surface area contributed by atoms with E-state index in [-0.39, 0.29) is 11.4 Å². The fourth-order valence-electron chi connectivity index (χ4n) is 1.52. The maximum atomic E-state index is 11.8. The van der Waals surface area contributed by atoms with Crippen LogP contribution < -0.4 is 10.6 Å². The maximum absolute atomic E-state index is 11.8. The molecule has 5 nitrogen and oxygen atoms in total. The Labute approximate surface area is 115 Å². The maximum Gasteiger partial charge on any atom is 0.239 e. The number of nitrogens with zero attached hydrogens (tertiary/aromatic N) is 2. The third-order valence-corrected chi connectivity index (χ3v) is 2.60.